The predicted molar refractivity (Wildman–Crippen MR) is 92.4 cm³/mol. The molecule has 0 radical (unpaired) electrons. The summed E-state index contributed by atoms with van der Waals surface area (Å²) in [6, 6.07) is 9.01. The van der Waals surface area contributed by atoms with E-state index in [1.807, 2.05) is 24.3 Å². The van der Waals surface area contributed by atoms with Crippen LogP contribution in [0.25, 0.3) is 0 Å². The first-order chi connectivity index (χ1) is 11.2. The lowest BCUT2D eigenvalue weighted by molar-refractivity contribution is 0.251. The number of amides is 2. The van der Waals surface area contributed by atoms with Gasteiger partial charge in [-0.2, -0.15) is 0 Å². The molecular formula is C18H19ClF2N2O. The van der Waals surface area contributed by atoms with E-state index in [2.05, 4.69) is 31.4 Å². The van der Waals surface area contributed by atoms with Gasteiger partial charge in [0.2, 0.25) is 0 Å². The van der Waals surface area contributed by atoms with Crippen molar-refractivity contribution in [1.29, 1.82) is 0 Å². The van der Waals surface area contributed by atoms with E-state index in [-0.39, 0.29) is 16.1 Å². The zero-order chi connectivity index (χ0) is 17.9. The van der Waals surface area contributed by atoms with Crippen LogP contribution in [0.4, 0.5) is 19.3 Å². The Balaban J connectivity index is 1.95. The van der Waals surface area contributed by atoms with Crippen LogP contribution in [0, 0.1) is 11.6 Å². The molecule has 0 unspecified atom stereocenters. The second kappa shape index (κ2) is 7.18. The Bertz CT molecular complexity index is 740. The molecule has 0 saturated carbocycles. The lowest BCUT2D eigenvalue weighted by Gasteiger charge is -2.19. The van der Waals surface area contributed by atoms with Gasteiger partial charge in [-0.05, 0) is 22.6 Å². The minimum absolute atomic E-state index is 0.0103. The lowest BCUT2D eigenvalue weighted by Crippen LogP contribution is -2.28. The number of rotatable bonds is 3. The quantitative estimate of drug-likeness (QED) is 0.729. The highest BCUT2D eigenvalue weighted by molar-refractivity contribution is 6.33. The summed E-state index contributed by atoms with van der Waals surface area (Å²) in [5, 5.41) is 4.97. The van der Waals surface area contributed by atoms with Gasteiger partial charge < -0.3 is 10.6 Å². The third-order valence-electron chi connectivity index (χ3n) is 3.53. The molecular weight excluding hydrogens is 334 g/mol. The van der Waals surface area contributed by atoms with Gasteiger partial charge in [0.1, 0.15) is 0 Å². The smallest absolute Gasteiger partial charge is 0.319 e. The summed E-state index contributed by atoms with van der Waals surface area (Å²) in [5.74, 6) is -2.14. The number of hydrogen-bond donors (Lipinski definition) is 2. The highest BCUT2D eigenvalue weighted by Crippen LogP contribution is 2.25. The second-order valence-corrected chi connectivity index (χ2v) is 6.91. The molecule has 24 heavy (non-hydrogen) atoms. The van der Waals surface area contributed by atoms with Gasteiger partial charge in [-0.25, -0.2) is 13.6 Å². The van der Waals surface area contributed by atoms with Crippen molar-refractivity contribution >= 4 is 23.3 Å². The molecule has 2 N–H and O–H groups in total. The summed E-state index contributed by atoms with van der Waals surface area (Å²) < 4.78 is 26.2. The molecule has 128 valence electrons. The Morgan fingerprint density at radius 2 is 1.67 bits per heavy atom. The van der Waals surface area contributed by atoms with E-state index in [0.717, 1.165) is 17.7 Å². The molecule has 6 heteroatoms. The standard InChI is InChI=1S/C18H19ClF2N2O/c1-18(2,3)12-6-4-11(5-7-12)10-22-17(24)23-16-9-15(21)14(20)8-13(16)19/h4-9H,10H2,1-3H3,(H2,22,23,24). The minimum Gasteiger partial charge on any atom is -0.334 e. The minimum atomic E-state index is -1.08. The van der Waals surface area contributed by atoms with E-state index in [1.165, 1.54) is 5.56 Å². The number of carbonyl (C=O) groups excluding carboxylic acids is 1. The van der Waals surface area contributed by atoms with E-state index < -0.39 is 17.7 Å². The van der Waals surface area contributed by atoms with Gasteiger partial charge in [-0.3, -0.25) is 0 Å². The number of hydrogen-bond acceptors (Lipinski definition) is 1. The molecule has 0 bridgehead atoms. The van der Waals surface area contributed by atoms with Crippen LogP contribution >= 0.6 is 11.6 Å². The van der Waals surface area contributed by atoms with Gasteiger partial charge in [0.15, 0.2) is 11.6 Å². The fourth-order valence-electron chi connectivity index (χ4n) is 2.09. The molecule has 0 heterocycles. The van der Waals surface area contributed by atoms with Crippen molar-refractivity contribution in [3.8, 4) is 0 Å². The molecule has 2 aromatic carbocycles. The van der Waals surface area contributed by atoms with Gasteiger partial charge in [-0.15, -0.1) is 0 Å². The van der Waals surface area contributed by atoms with Crippen LogP contribution in [0.2, 0.25) is 5.02 Å². The maximum Gasteiger partial charge on any atom is 0.319 e. The average molecular weight is 353 g/mol. The zero-order valence-corrected chi connectivity index (χ0v) is 14.5. The number of nitrogens with one attached hydrogen (secondary N) is 2. The van der Waals surface area contributed by atoms with Crippen molar-refractivity contribution < 1.29 is 13.6 Å². The Hall–Kier alpha value is -2.14. The van der Waals surface area contributed by atoms with E-state index in [9.17, 15) is 13.6 Å². The molecule has 0 aliphatic heterocycles. The fourth-order valence-corrected chi connectivity index (χ4v) is 2.29. The maximum atomic E-state index is 13.2. The molecule has 0 aliphatic carbocycles. The van der Waals surface area contributed by atoms with Gasteiger partial charge in [0, 0.05) is 12.6 Å². The number of benzene rings is 2. The van der Waals surface area contributed by atoms with Crippen molar-refractivity contribution in [2.75, 3.05) is 5.32 Å². The van der Waals surface area contributed by atoms with Gasteiger partial charge >= 0.3 is 6.03 Å². The second-order valence-electron chi connectivity index (χ2n) is 6.50. The third kappa shape index (κ3) is 4.68. The van der Waals surface area contributed by atoms with Crippen molar-refractivity contribution in [1.82, 2.24) is 5.32 Å². The van der Waals surface area contributed by atoms with Crippen LogP contribution in [-0.2, 0) is 12.0 Å². The molecule has 2 rings (SSSR count). The molecule has 2 amide bonds. The largest absolute Gasteiger partial charge is 0.334 e. The molecule has 0 aromatic heterocycles. The third-order valence-corrected chi connectivity index (χ3v) is 3.84. The molecule has 0 fully saturated rings. The Morgan fingerprint density at radius 3 is 2.25 bits per heavy atom. The van der Waals surface area contributed by atoms with Crippen molar-refractivity contribution in [2.24, 2.45) is 0 Å². The van der Waals surface area contributed by atoms with E-state index in [0.29, 0.717) is 6.54 Å². The van der Waals surface area contributed by atoms with Crippen LogP contribution in [0.5, 0.6) is 0 Å². The van der Waals surface area contributed by atoms with Crippen molar-refractivity contribution in [2.45, 2.75) is 32.7 Å². The molecule has 0 aliphatic rings. The van der Waals surface area contributed by atoms with Crippen LogP contribution in [0.3, 0.4) is 0 Å². The molecule has 0 spiro atoms. The molecule has 0 atom stereocenters. The average Bonchev–Trinajstić information content (AvgIpc) is 2.50. The molecule has 0 saturated heterocycles. The van der Waals surface area contributed by atoms with E-state index in [1.54, 1.807) is 0 Å². The zero-order valence-electron chi connectivity index (χ0n) is 13.7. The summed E-state index contributed by atoms with van der Waals surface area (Å²) >= 11 is 5.77. The summed E-state index contributed by atoms with van der Waals surface area (Å²) in [6.45, 7) is 6.68. The van der Waals surface area contributed by atoms with Crippen LogP contribution < -0.4 is 10.6 Å². The van der Waals surface area contributed by atoms with Crippen LogP contribution in [-0.4, -0.2) is 6.03 Å². The number of anilines is 1. The number of carbonyl (C=O) groups is 1. The van der Waals surface area contributed by atoms with E-state index >= 15 is 0 Å². The summed E-state index contributed by atoms with van der Waals surface area (Å²) in [6.07, 6.45) is 0. The Morgan fingerprint density at radius 1 is 1.08 bits per heavy atom. The van der Waals surface area contributed by atoms with Gasteiger partial charge in [0.05, 0.1) is 10.7 Å². The first-order valence-corrected chi connectivity index (χ1v) is 7.83. The van der Waals surface area contributed by atoms with Crippen molar-refractivity contribution in [3.63, 3.8) is 0 Å². The fraction of sp³-hybridized carbons (Fsp3) is 0.278. The molecule has 3 nitrogen and oxygen atoms in total. The van der Waals surface area contributed by atoms with Gasteiger partial charge in [0.25, 0.3) is 0 Å². The van der Waals surface area contributed by atoms with Crippen molar-refractivity contribution in [3.05, 3.63) is 64.2 Å². The van der Waals surface area contributed by atoms with Crippen LogP contribution in [0.15, 0.2) is 36.4 Å². The summed E-state index contributed by atoms with van der Waals surface area (Å²) in [4.78, 5) is 11.9. The summed E-state index contributed by atoms with van der Waals surface area (Å²) in [5.41, 5.74) is 2.20. The first-order valence-electron chi connectivity index (χ1n) is 7.45. The van der Waals surface area contributed by atoms with Crippen LogP contribution in [0.1, 0.15) is 31.9 Å². The lowest BCUT2D eigenvalue weighted by atomic mass is 9.87. The first kappa shape index (κ1) is 18.2. The molecule has 2 aromatic rings. The topological polar surface area (TPSA) is 41.1 Å². The highest BCUT2D eigenvalue weighted by Gasteiger charge is 2.13. The maximum absolute atomic E-state index is 13.2. The summed E-state index contributed by atoms with van der Waals surface area (Å²) in [7, 11) is 0. The monoisotopic (exact) mass is 352 g/mol. The normalized spacial score (nSPS) is 11.2. The Labute approximate surface area is 145 Å². The SMILES string of the molecule is CC(C)(C)c1ccc(CNC(=O)Nc2cc(F)c(F)cc2Cl)cc1. The predicted octanol–water partition coefficient (Wildman–Crippen LogP) is 5.24. The highest BCUT2D eigenvalue weighted by atomic mass is 35.5. The van der Waals surface area contributed by atoms with Gasteiger partial charge in [-0.1, -0.05) is 56.6 Å². The van der Waals surface area contributed by atoms with E-state index in [4.69, 9.17) is 11.6 Å². The Kier molecular flexibility index (Phi) is 5.44. The number of halogens is 3. The number of urea groups is 1.